The van der Waals surface area contributed by atoms with Crippen LogP contribution in [-0.2, 0) is 0 Å². The molecule has 3 aromatic rings. The molecule has 0 fully saturated rings. The van der Waals surface area contributed by atoms with E-state index in [1.165, 1.54) is 32.3 Å². The van der Waals surface area contributed by atoms with Crippen molar-refractivity contribution in [3.8, 4) is 0 Å². The zero-order chi connectivity index (χ0) is 15.9. The van der Waals surface area contributed by atoms with E-state index in [1.54, 1.807) is 0 Å². The number of hydrogen-bond donors (Lipinski definition) is 0. The van der Waals surface area contributed by atoms with Crippen molar-refractivity contribution < 1.29 is 0 Å². The molecule has 0 aromatic heterocycles. The smallest absolute Gasteiger partial charge is 0.0109 e. The van der Waals surface area contributed by atoms with Crippen molar-refractivity contribution in [3.05, 3.63) is 82.2 Å². The van der Waals surface area contributed by atoms with E-state index < -0.39 is 0 Å². The van der Waals surface area contributed by atoms with Gasteiger partial charge >= 0.3 is 0 Å². The first-order valence-electron chi connectivity index (χ1n) is 8.01. The summed E-state index contributed by atoms with van der Waals surface area (Å²) < 4.78 is 0. The summed E-state index contributed by atoms with van der Waals surface area (Å²) >= 11 is 0. The third-order valence-electron chi connectivity index (χ3n) is 3.79. The van der Waals surface area contributed by atoms with E-state index in [9.17, 15) is 0 Å². The van der Waals surface area contributed by atoms with Crippen LogP contribution in [0, 0.1) is 6.92 Å². The summed E-state index contributed by atoms with van der Waals surface area (Å²) in [6.07, 6.45) is 4.48. The van der Waals surface area contributed by atoms with Gasteiger partial charge in [-0.2, -0.15) is 0 Å². The van der Waals surface area contributed by atoms with Crippen molar-refractivity contribution in [2.24, 2.45) is 0 Å². The summed E-state index contributed by atoms with van der Waals surface area (Å²) in [4.78, 5) is 0. The van der Waals surface area contributed by atoms with E-state index in [0.717, 1.165) is 0 Å². The molecular formula is C23H28. The monoisotopic (exact) mass is 304 g/mol. The predicted octanol–water partition coefficient (Wildman–Crippen LogP) is 5.44. The minimum Gasteiger partial charge on any atom is -0.0792 e. The largest absolute Gasteiger partial charge is 0.0792 e. The second-order valence-electron chi connectivity index (χ2n) is 5.08. The average molecular weight is 304 g/mol. The Balaban J connectivity index is 0.000000849. The Labute approximate surface area is 140 Å². The molecule has 0 atom stereocenters. The first-order chi connectivity index (χ1) is 10.8. The molecule has 0 spiro atoms. The van der Waals surface area contributed by atoms with Gasteiger partial charge in [0.1, 0.15) is 0 Å². The van der Waals surface area contributed by atoms with Crippen LogP contribution in [0.4, 0.5) is 0 Å². The Morgan fingerprint density at radius 3 is 2.13 bits per heavy atom. The molecule has 0 saturated heterocycles. The fourth-order valence-corrected chi connectivity index (χ4v) is 2.68. The SMILES string of the molecule is C.C/C=c1\c(=C/c2ccccc2C)ccc2ccccc12.CC. The van der Waals surface area contributed by atoms with Crippen molar-refractivity contribution in [3.63, 3.8) is 0 Å². The maximum Gasteiger partial charge on any atom is -0.0109 e. The number of hydrogen-bond acceptors (Lipinski definition) is 0. The van der Waals surface area contributed by atoms with Crippen LogP contribution in [0.5, 0.6) is 0 Å². The van der Waals surface area contributed by atoms with Crippen molar-refractivity contribution in [1.29, 1.82) is 0 Å². The van der Waals surface area contributed by atoms with Crippen molar-refractivity contribution in [1.82, 2.24) is 0 Å². The molecule has 0 aliphatic rings. The molecule has 0 aliphatic heterocycles. The average Bonchev–Trinajstić information content (AvgIpc) is 2.58. The quantitative estimate of drug-likeness (QED) is 0.561. The summed E-state index contributed by atoms with van der Waals surface area (Å²) in [5.41, 5.74) is 2.59. The summed E-state index contributed by atoms with van der Waals surface area (Å²) in [6.45, 7) is 8.26. The maximum absolute atomic E-state index is 2.27. The van der Waals surface area contributed by atoms with Gasteiger partial charge in [0, 0.05) is 0 Å². The van der Waals surface area contributed by atoms with Crippen LogP contribution >= 0.6 is 0 Å². The fourth-order valence-electron chi connectivity index (χ4n) is 2.68. The molecule has 0 radical (unpaired) electrons. The predicted molar refractivity (Wildman–Crippen MR) is 106 cm³/mol. The second-order valence-corrected chi connectivity index (χ2v) is 5.08. The molecule has 0 amide bonds. The van der Waals surface area contributed by atoms with Gasteiger partial charge in [-0.05, 0) is 52.3 Å². The Hall–Kier alpha value is -2.34. The van der Waals surface area contributed by atoms with Crippen LogP contribution in [0.1, 0.15) is 39.3 Å². The Morgan fingerprint density at radius 1 is 0.783 bits per heavy atom. The van der Waals surface area contributed by atoms with Crippen molar-refractivity contribution >= 4 is 22.9 Å². The zero-order valence-corrected chi connectivity index (χ0v) is 13.9. The topological polar surface area (TPSA) is 0 Å². The molecule has 0 heteroatoms. The van der Waals surface area contributed by atoms with E-state index in [4.69, 9.17) is 0 Å². The molecule has 0 unspecified atom stereocenters. The molecular weight excluding hydrogens is 276 g/mol. The number of aryl methyl sites for hydroxylation is 1. The molecule has 3 rings (SSSR count). The van der Waals surface area contributed by atoms with Crippen LogP contribution in [-0.4, -0.2) is 0 Å². The van der Waals surface area contributed by atoms with Gasteiger partial charge in [0.15, 0.2) is 0 Å². The summed E-state index contributed by atoms with van der Waals surface area (Å²) in [6, 6.07) is 21.5. The van der Waals surface area contributed by atoms with Gasteiger partial charge in [0.2, 0.25) is 0 Å². The lowest BCUT2D eigenvalue weighted by Gasteiger charge is -2.02. The highest BCUT2D eigenvalue weighted by Crippen LogP contribution is 2.09. The highest BCUT2D eigenvalue weighted by atomic mass is 14.0. The highest BCUT2D eigenvalue weighted by molar-refractivity contribution is 5.84. The van der Waals surface area contributed by atoms with Gasteiger partial charge in [-0.25, -0.2) is 0 Å². The standard InChI is InChI=1S/C20H18.C2H6.CH4/c1-3-19-18(14-17-10-5-4-8-15(17)2)13-12-16-9-6-7-11-20(16)19;1-2;/h3-14H,1-2H3;1-2H3;1H4/b18-14-,19-3+;;. The summed E-state index contributed by atoms with van der Waals surface area (Å²) in [5, 5.41) is 5.20. The maximum atomic E-state index is 2.27. The van der Waals surface area contributed by atoms with Crippen molar-refractivity contribution in [2.75, 3.05) is 0 Å². The van der Waals surface area contributed by atoms with E-state index in [0.29, 0.717) is 0 Å². The first-order valence-corrected chi connectivity index (χ1v) is 8.01. The Morgan fingerprint density at radius 2 is 1.43 bits per heavy atom. The van der Waals surface area contributed by atoms with Crippen molar-refractivity contribution in [2.45, 2.75) is 35.1 Å². The van der Waals surface area contributed by atoms with E-state index in [1.807, 2.05) is 13.8 Å². The van der Waals surface area contributed by atoms with E-state index >= 15 is 0 Å². The fraction of sp³-hybridized carbons (Fsp3) is 0.217. The molecule has 120 valence electrons. The van der Waals surface area contributed by atoms with Crippen LogP contribution in [0.15, 0.2) is 60.7 Å². The van der Waals surface area contributed by atoms with Gasteiger partial charge in [0.05, 0.1) is 0 Å². The molecule has 0 nitrogen and oxygen atoms in total. The normalized spacial score (nSPS) is 11.7. The Kier molecular flexibility index (Phi) is 7.28. The number of fused-ring (bicyclic) bond motifs is 1. The third kappa shape index (κ3) is 4.10. The van der Waals surface area contributed by atoms with Gasteiger partial charge in [-0.3, -0.25) is 0 Å². The van der Waals surface area contributed by atoms with Crippen LogP contribution in [0.2, 0.25) is 0 Å². The van der Waals surface area contributed by atoms with Gasteiger partial charge < -0.3 is 0 Å². The van der Waals surface area contributed by atoms with Crippen LogP contribution in [0.3, 0.4) is 0 Å². The lowest BCUT2D eigenvalue weighted by Crippen LogP contribution is -2.25. The van der Waals surface area contributed by atoms with E-state index in [2.05, 4.69) is 86.7 Å². The molecule has 0 saturated carbocycles. The lowest BCUT2D eigenvalue weighted by atomic mass is 10.0. The van der Waals surface area contributed by atoms with Crippen LogP contribution in [0.25, 0.3) is 22.9 Å². The minimum absolute atomic E-state index is 0. The highest BCUT2D eigenvalue weighted by Gasteiger charge is 1.97. The molecule has 23 heavy (non-hydrogen) atoms. The van der Waals surface area contributed by atoms with Gasteiger partial charge in [-0.15, -0.1) is 0 Å². The van der Waals surface area contributed by atoms with E-state index in [-0.39, 0.29) is 7.43 Å². The molecule has 0 heterocycles. The first kappa shape index (κ1) is 18.7. The molecule has 0 aliphatic carbocycles. The van der Waals surface area contributed by atoms with Crippen LogP contribution < -0.4 is 10.4 Å². The number of rotatable bonds is 1. The van der Waals surface area contributed by atoms with Gasteiger partial charge in [0.25, 0.3) is 0 Å². The minimum atomic E-state index is 0. The zero-order valence-electron chi connectivity index (χ0n) is 13.9. The molecule has 0 bridgehead atoms. The Bertz CT molecular complexity index is 870. The lowest BCUT2D eigenvalue weighted by molar-refractivity contribution is 1.43. The summed E-state index contributed by atoms with van der Waals surface area (Å²) in [7, 11) is 0. The summed E-state index contributed by atoms with van der Waals surface area (Å²) in [5.74, 6) is 0. The molecule has 0 N–H and O–H groups in total. The number of benzene rings is 3. The third-order valence-corrected chi connectivity index (χ3v) is 3.79. The van der Waals surface area contributed by atoms with Gasteiger partial charge in [-0.1, -0.05) is 88.0 Å². The molecule has 3 aromatic carbocycles. The second kappa shape index (κ2) is 8.95.